The molecule has 10 heteroatoms. The highest BCUT2D eigenvalue weighted by molar-refractivity contribution is 6.31. The maximum atomic E-state index is 15.4. The van der Waals surface area contributed by atoms with Gasteiger partial charge < -0.3 is 19.9 Å². The molecule has 0 aliphatic carbocycles. The van der Waals surface area contributed by atoms with Gasteiger partial charge in [-0.2, -0.15) is 0 Å². The molecule has 2 bridgehead atoms. The predicted molar refractivity (Wildman–Crippen MR) is 170 cm³/mol. The number of benzene rings is 3. The molecular weight excluding hydrogens is 579 g/mol. The van der Waals surface area contributed by atoms with Crippen molar-refractivity contribution in [3.05, 3.63) is 100.0 Å². The van der Waals surface area contributed by atoms with Crippen LogP contribution in [-0.4, -0.2) is 71.2 Å². The van der Waals surface area contributed by atoms with Crippen LogP contribution in [0.1, 0.15) is 39.9 Å². The summed E-state index contributed by atoms with van der Waals surface area (Å²) in [6.45, 7) is 3.50. The van der Waals surface area contributed by atoms with Gasteiger partial charge in [-0.1, -0.05) is 23.7 Å². The fraction of sp³-hybridized carbons (Fsp3) is 0.294. The highest BCUT2D eigenvalue weighted by Crippen LogP contribution is 2.35. The first-order valence-electron chi connectivity index (χ1n) is 14.8. The predicted octanol–water partition coefficient (Wildman–Crippen LogP) is 6.21. The van der Waals surface area contributed by atoms with Crippen molar-refractivity contribution in [2.75, 3.05) is 39.1 Å². The van der Waals surface area contributed by atoms with E-state index in [0.29, 0.717) is 45.0 Å². The second-order valence-electron chi connectivity index (χ2n) is 11.6. The largest absolute Gasteiger partial charge is 0.494 e. The van der Waals surface area contributed by atoms with Crippen molar-refractivity contribution in [1.29, 1.82) is 0 Å². The number of fused-ring (bicyclic) bond motifs is 6. The van der Waals surface area contributed by atoms with Crippen LogP contribution < -0.4 is 10.1 Å². The number of amides is 1. The van der Waals surface area contributed by atoms with E-state index < -0.39 is 5.82 Å². The van der Waals surface area contributed by atoms with Crippen molar-refractivity contribution < 1.29 is 13.9 Å². The average molecular weight is 611 g/mol. The van der Waals surface area contributed by atoms with Crippen LogP contribution in [0, 0.1) is 11.7 Å². The van der Waals surface area contributed by atoms with Gasteiger partial charge in [-0.15, -0.1) is 0 Å². The van der Waals surface area contributed by atoms with E-state index in [1.165, 1.54) is 7.11 Å². The molecule has 1 N–H and O–H groups in total. The van der Waals surface area contributed by atoms with Gasteiger partial charge in [0, 0.05) is 64.4 Å². The van der Waals surface area contributed by atoms with Crippen LogP contribution in [-0.2, 0) is 6.54 Å². The molecule has 3 aromatic carbocycles. The fourth-order valence-electron chi connectivity index (χ4n) is 6.62. The Morgan fingerprint density at radius 1 is 1.07 bits per heavy atom. The Morgan fingerprint density at radius 2 is 1.86 bits per heavy atom. The van der Waals surface area contributed by atoms with Gasteiger partial charge in [0.05, 0.1) is 25.1 Å². The smallest absolute Gasteiger partial charge is 0.253 e. The molecule has 3 fully saturated rings. The number of aliphatic imine (C=N–C) groups is 1. The van der Waals surface area contributed by atoms with Gasteiger partial charge in [0.2, 0.25) is 5.95 Å². The number of piperidine rings is 3. The molecule has 224 valence electrons. The molecule has 4 aliphatic heterocycles. The Balaban J connectivity index is 1.14. The highest BCUT2D eigenvalue weighted by Gasteiger charge is 2.38. The van der Waals surface area contributed by atoms with E-state index in [9.17, 15) is 4.79 Å². The Hall–Kier alpha value is -4.34. The highest BCUT2D eigenvalue weighted by atomic mass is 35.5. The second-order valence-corrected chi connectivity index (χ2v) is 12.0. The van der Waals surface area contributed by atoms with Crippen molar-refractivity contribution in [3.63, 3.8) is 0 Å². The van der Waals surface area contributed by atoms with E-state index in [1.807, 2.05) is 42.3 Å². The van der Waals surface area contributed by atoms with Gasteiger partial charge in [0.25, 0.3) is 5.91 Å². The maximum Gasteiger partial charge on any atom is 0.253 e. The molecule has 4 aromatic rings. The van der Waals surface area contributed by atoms with Crippen LogP contribution in [0.3, 0.4) is 0 Å². The van der Waals surface area contributed by atoms with Crippen LogP contribution in [0.5, 0.6) is 5.75 Å². The van der Waals surface area contributed by atoms with Crippen molar-refractivity contribution in [1.82, 2.24) is 19.8 Å². The summed E-state index contributed by atoms with van der Waals surface area (Å²) < 4.78 is 20.6. The Kier molecular flexibility index (Phi) is 7.52. The quantitative estimate of drug-likeness (QED) is 0.280. The van der Waals surface area contributed by atoms with Gasteiger partial charge in [-0.3, -0.25) is 9.79 Å². The lowest BCUT2D eigenvalue weighted by molar-refractivity contribution is 0.0162. The van der Waals surface area contributed by atoms with Gasteiger partial charge in [-0.05, 0) is 80.4 Å². The number of hydrogen-bond donors (Lipinski definition) is 1. The Morgan fingerprint density at radius 3 is 2.59 bits per heavy atom. The molecule has 0 radical (unpaired) electrons. The zero-order valence-corrected chi connectivity index (χ0v) is 25.3. The third-order valence-electron chi connectivity index (χ3n) is 9.03. The summed E-state index contributed by atoms with van der Waals surface area (Å²) in [5.41, 5.74) is 5.12. The molecule has 3 saturated heterocycles. The molecule has 1 amide bonds. The Labute approximate surface area is 260 Å². The lowest BCUT2D eigenvalue weighted by Crippen LogP contribution is -2.57. The number of nitrogens with zero attached hydrogens (tertiary/aromatic N) is 5. The third kappa shape index (κ3) is 5.20. The molecule has 0 spiro atoms. The molecule has 5 heterocycles. The summed E-state index contributed by atoms with van der Waals surface area (Å²) in [7, 11) is 3.36. The molecule has 44 heavy (non-hydrogen) atoms. The van der Waals surface area contributed by atoms with Crippen LogP contribution >= 0.6 is 11.6 Å². The first-order chi connectivity index (χ1) is 21.4. The van der Waals surface area contributed by atoms with Gasteiger partial charge in [0.1, 0.15) is 0 Å². The van der Waals surface area contributed by atoms with Crippen molar-refractivity contribution in [2.45, 2.75) is 25.4 Å². The molecule has 8 rings (SSSR count). The monoisotopic (exact) mass is 610 g/mol. The average Bonchev–Trinajstić information content (AvgIpc) is 3.21. The lowest BCUT2D eigenvalue weighted by atomic mass is 9.83. The minimum atomic E-state index is -0.490. The van der Waals surface area contributed by atoms with Crippen LogP contribution in [0.15, 0.2) is 71.9 Å². The molecular formula is C34H32ClFN6O2. The number of methoxy groups -OCH3 is 1. The summed E-state index contributed by atoms with van der Waals surface area (Å²) in [4.78, 5) is 31.9. The van der Waals surface area contributed by atoms with E-state index in [1.54, 1.807) is 36.5 Å². The molecule has 1 unspecified atom stereocenters. The number of halogens is 2. The number of carbonyl (C=O) groups is 1. The first-order valence-corrected chi connectivity index (χ1v) is 15.2. The van der Waals surface area contributed by atoms with Crippen molar-refractivity contribution >= 4 is 34.9 Å². The van der Waals surface area contributed by atoms with Crippen LogP contribution in [0.2, 0.25) is 5.02 Å². The zero-order chi connectivity index (χ0) is 30.4. The standard InChI is InChI=1S/C34H32ClFN6O2/c1-41(28-19-42-14-12-20(28)13-15-42)33(43)21-6-9-24(10-7-21)39-34-38-18-22-17-37-32(26-4-3-5-29(44-2)30(26)36)27-16-23(35)8-11-25(27)31(22)40-34/h3-11,16,18,20,28H,12-15,17,19H2,1-2H3,(H,38,39,40). The summed E-state index contributed by atoms with van der Waals surface area (Å²) in [5.74, 6) is 0.660. The number of rotatable bonds is 6. The molecule has 1 atom stereocenters. The summed E-state index contributed by atoms with van der Waals surface area (Å²) in [6, 6.07) is 18.1. The molecule has 1 aromatic heterocycles. The number of likely N-dealkylation sites (N-methyl/N-ethyl adjacent to an activating group) is 1. The van der Waals surface area contributed by atoms with Crippen molar-refractivity contribution in [3.8, 4) is 17.0 Å². The van der Waals surface area contributed by atoms with E-state index in [2.05, 4.69) is 15.2 Å². The van der Waals surface area contributed by atoms with Gasteiger partial charge in [-0.25, -0.2) is 14.4 Å². The number of ether oxygens (including phenoxy) is 1. The number of anilines is 2. The van der Waals surface area contributed by atoms with E-state index in [-0.39, 0.29) is 24.2 Å². The summed E-state index contributed by atoms with van der Waals surface area (Å²) in [5, 5.41) is 3.77. The number of hydrogen-bond acceptors (Lipinski definition) is 7. The second kappa shape index (κ2) is 11.6. The third-order valence-corrected chi connectivity index (χ3v) is 9.26. The zero-order valence-electron chi connectivity index (χ0n) is 24.6. The minimum Gasteiger partial charge on any atom is -0.494 e. The molecule has 8 nitrogen and oxygen atoms in total. The maximum absolute atomic E-state index is 15.4. The first kappa shape index (κ1) is 28.4. The summed E-state index contributed by atoms with van der Waals surface area (Å²) in [6.07, 6.45) is 4.06. The number of nitrogens with one attached hydrogen (secondary N) is 1. The topological polar surface area (TPSA) is 83.0 Å². The molecule has 0 saturated carbocycles. The van der Waals surface area contributed by atoms with Crippen LogP contribution in [0.25, 0.3) is 11.3 Å². The van der Waals surface area contributed by atoms with Gasteiger partial charge >= 0.3 is 0 Å². The minimum absolute atomic E-state index is 0.0372. The SMILES string of the molecule is COc1cccc(C2=NCc3cnc(Nc4ccc(C(=O)N(C)C5CN6CCC5CC6)cc4)nc3-c3ccc(Cl)cc32)c1F. The fourth-order valence-corrected chi connectivity index (χ4v) is 6.79. The number of aromatic nitrogens is 2. The van der Waals surface area contributed by atoms with E-state index in [4.69, 9.17) is 26.3 Å². The van der Waals surface area contributed by atoms with Gasteiger partial charge in [0.15, 0.2) is 11.6 Å². The van der Waals surface area contributed by atoms with Crippen molar-refractivity contribution in [2.24, 2.45) is 10.9 Å². The summed E-state index contributed by atoms with van der Waals surface area (Å²) >= 11 is 6.41. The van der Waals surface area contributed by atoms with E-state index in [0.717, 1.165) is 49.3 Å². The Bertz CT molecular complexity index is 1770. The normalized spacial score (nSPS) is 20.2. The van der Waals surface area contributed by atoms with E-state index >= 15 is 4.39 Å². The van der Waals surface area contributed by atoms with Crippen LogP contribution in [0.4, 0.5) is 16.0 Å². The molecule has 4 aliphatic rings. The number of carbonyl (C=O) groups excluding carboxylic acids is 1. The lowest BCUT2D eigenvalue weighted by Gasteiger charge is -2.48.